The van der Waals surface area contributed by atoms with Gasteiger partial charge in [0.2, 0.25) is 0 Å². The minimum absolute atomic E-state index is 0.249. The summed E-state index contributed by atoms with van der Waals surface area (Å²) in [6.45, 7) is 0. The van der Waals surface area contributed by atoms with Crippen LogP contribution < -0.4 is 0 Å². The van der Waals surface area contributed by atoms with Crippen molar-refractivity contribution in [2.45, 2.75) is 6.42 Å². The second kappa shape index (κ2) is 4.09. The van der Waals surface area contributed by atoms with Gasteiger partial charge in [0.05, 0.1) is 6.16 Å². The highest BCUT2D eigenvalue weighted by Crippen LogP contribution is 2.07. The fourth-order valence-corrected chi connectivity index (χ4v) is 1.31. The second-order valence-corrected chi connectivity index (χ2v) is 3.40. The average Bonchev–Trinajstić information content (AvgIpc) is 2.03. The van der Waals surface area contributed by atoms with Crippen LogP contribution in [0.2, 0.25) is 0 Å². The lowest BCUT2D eigenvalue weighted by molar-refractivity contribution is 0.515. The van der Waals surface area contributed by atoms with Crippen molar-refractivity contribution in [2.24, 2.45) is 0 Å². The van der Waals surface area contributed by atoms with Crippen molar-refractivity contribution in [3.05, 3.63) is 35.9 Å². The van der Waals surface area contributed by atoms with Gasteiger partial charge in [-0.05, 0) is 12.0 Å². The Morgan fingerprint density at radius 2 is 1.73 bits per heavy atom. The molecule has 0 heterocycles. The van der Waals surface area contributed by atoms with Crippen molar-refractivity contribution in [1.82, 2.24) is 0 Å². The van der Waals surface area contributed by atoms with Gasteiger partial charge in [-0.25, -0.2) is 9.13 Å². The number of hydrogen-bond donors (Lipinski definition) is 0. The van der Waals surface area contributed by atoms with Gasteiger partial charge in [-0.15, -0.1) is 0 Å². The first-order chi connectivity index (χ1) is 5.29. The minimum atomic E-state index is -2.22. The highest BCUT2D eigenvalue weighted by molar-refractivity contribution is 7.30. The summed E-state index contributed by atoms with van der Waals surface area (Å²) in [6, 6.07) is 9.60. The van der Waals surface area contributed by atoms with Gasteiger partial charge in [0.1, 0.15) is 0 Å². The zero-order chi connectivity index (χ0) is 8.10. The summed E-state index contributed by atoms with van der Waals surface area (Å²) < 4.78 is 20.4. The summed E-state index contributed by atoms with van der Waals surface area (Å²) in [5.41, 5.74) is 1.08. The van der Waals surface area contributed by atoms with Crippen LogP contribution in [0.5, 0.6) is 0 Å². The molecular formula is C8H9O2P. The summed E-state index contributed by atoms with van der Waals surface area (Å²) in [7, 11) is -2.22. The Morgan fingerprint density at radius 3 is 2.27 bits per heavy atom. The fraction of sp³-hybridized carbons (Fsp3) is 0.250. The van der Waals surface area contributed by atoms with Crippen molar-refractivity contribution >= 4 is 7.68 Å². The highest BCUT2D eigenvalue weighted by atomic mass is 31.1. The molecule has 0 bridgehead atoms. The van der Waals surface area contributed by atoms with Crippen LogP contribution in [0.15, 0.2) is 30.3 Å². The molecular weight excluding hydrogens is 159 g/mol. The molecule has 11 heavy (non-hydrogen) atoms. The smallest absolute Gasteiger partial charge is 0.237 e. The van der Waals surface area contributed by atoms with Gasteiger partial charge in [-0.1, -0.05) is 30.3 Å². The molecule has 0 radical (unpaired) electrons. The van der Waals surface area contributed by atoms with E-state index < -0.39 is 7.68 Å². The normalized spacial score (nSPS) is 9.45. The molecule has 0 saturated heterocycles. The lowest BCUT2D eigenvalue weighted by Gasteiger charge is -1.92. The standard InChI is InChI=1S/C8H9O2P/c9-11(10)7-6-8-4-2-1-3-5-8/h1-5H,6-7H2. The van der Waals surface area contributed by atoms with E-state index in [9.17, 15) is 9.13 Å². The largest absolute Gasteiger partial charge is 0.316 e. The maximum absolute atomic E-state index is 10.2. The van der Waals surface area contributed by atoms with E-state index in [0.717, 1.165) is 5.56 Å². The maximum Gasteiger partial charge on any atom is 0.316 e. The first-order valence-electron chi connectivity index (χ1n) is 3.45. The molecule has 1 aromatic carbocycles. The van der Waals surface area contributed by atoms with Crippen molar-refractivity contribution in [1.29, 1.82) is 0 Å². The second-order valence-electron chi connectivity index (χ2n) is 2.29. The minimum Gasteiger partial charge on any atom is -0.237 e. The molecule has 1 rings (SSSR count). The van der Waals surface area contributed by atoms with Crippen LogP contribution in [-0.2, 0) is 15.6 Å². The van der Waals surface area contributed by atoms with Crippen LogP contribution >= 0.6 is 7.68 Å². The van der Waals surface area contributed by atoms with Crippen LogP contribution in [0.4, 0.5) is 0 Å². The number of hydrogen-bond acceptors (Lipinski definition) is 2. The van der Waals surface area contributed by atoms with Gasteiger partial charge in [-0.3, -0.25) is 0 Å². The third-order valence-corrected chi connectivity index (χ3v) is 2.01. The molecule has 0 spiro atoms. The molecule has 0 unspecified atom stereocenters. The molecule has 0 aromatic heterocycles. The SMILES string of the molecule is O=P(=O)CCc1ccccc1. The molecule has 0 atom stereocenters. The van der Waals surface area contributed by atoms with Gasteiger partial charge in [0, 0.05) is 0 Å². The highest BCUT2D eigenvalue weighted by Gasteiger charge is 1.93. The van der Waals surface area contributed by atoms with E-state index >= 15 is 0 Å². The zero-order valence-corrected chi connectivity index (χ0v) is 6.96. The zero-order valence-electron chi connectivity index (χ0n) is 6.06. The van der Waals surface area contributed by atoms with E-state index in [0.29, 0.717) is 6.42 Å². The monoisotopic (exact) mass is 168 g/mol. The molecule has 0 aliphatic rings. The van der Waals surface area contributed by atoms with E-state index in [2.05, 4.69) is 0 Å². The van der Waals surface area contributed by atoms with E-state index in [4.69, 9.17) is 0 Å². The summed E-state index contributed by atoms with van der Waals surface area (Å²) in [4.78, 5) is 0. The third-order valence-electron chi connectivity index (χ3n) is 1.43. The molecule has 0 fully saturated rings. The lowest BCUT2D eigenvalue weighted by atomic mass is 10.2. The fourth-order valence-electron chi connectivity index (χ4n) is 0.865. The van der Waals surface area contributed by atoms with Crippen molar-refractivity contribution in [2.75, 3.05) is 6.16 Å². The van der Waals surface area contributed by atoms with E-state index in [1.165, 1.54) is 0 Å². The topological polar surface area (TPSA) is 34.1 Å². The molecule has 1 aromatic rings. The molecule has 0 aliphatic heterocycles. The molecule has 3 heteroatoms. The van der Waals surface area contributed by atoms with Crippen LogP contribution in [-0.4, -0.2) is 6.16 Å². The molecule has 2 nitrogen and oxygen atoms in total. The summed E-state index contributed by atoms with van der Waals surface area (Å²) in [5.74, 6) is 0. The maximum atomic E-state index is 10.2. The van der Waals surface area contributed by atoms with Gasteiger partial charge in [0.15, 0.2) is 0 Å². The predicted octanol–water partition coefficient (Wildman–Crippen LogP) is 2.40. The average molecular weight is 168 g/mol. The Labute approximate surface area is 66.1 Å². The van der Waals surface area contributed by atoms with E-state index in [1.807, 2.05) is 30.3 Å². The third kappa shape index (κ3) is 3.15. The summed E-state index contributed by atoms with van der Waals surface area (Å²) in [6.07, 6.45) is 0.874. The van der Waals surface area contributed by atoms with Crippen LogP contribution in [0.25, 0.3) is 0 Å². The van der Waals surface area contributed by atoms with Gasteiger partial charge >= 0.3 is 7.68 Å². The van der Waals surface area contributed by atoms with Crippen molar-refractivity contribution in [3.8, 4) is 0 Å². The van der Waals surface area contributed by atoms with Crippen LogP contribution in [0.1, 0.15) is 5.56 Å². The quantitative estimate of drug-likeness (QED) is 0.649. The molecule has 0 N–H and O–H groups in total. The Balaban J connectivity index is 2.52. The van der Waals surface area contributed by atoms with E-state index in [-0.39, 0.29) is 6.16 Å². The number of aryl methyl sites for hydroxylation is 1. The predicted molar refractivity (Wildman–Crippen MR) is 43.3 cm³/mol. The van der Waals surface area contributed by atoms with E-state index in [1.54, 1.807) is 0 Å². The Kier molecular flexibility index (Phi) is 3.06. The van der Waals surface area contributed by atoms with Gasteiger partial charge in [0.25, 0.3) is 0 Å². The van der Waals surface area contributed by atoms with Crippen molar-refractivity contribution in [3.63, 3.8) is 0 Å². The Bertz CT molecular complexity index is 269. The van der Waals surface area contributed by atoms with Gasteiger partial charge < -0.3 is 0 Å². The van der Waals surface area contributed by atoms with Gasteiger partial charge in [-0.2, -0.15) is 0 Å². The molecule has 0 saturated carbocycles. The van der Waals surface area contributed by atoms with Crippen LogP contribution in [0.3, 0.4) is 0 Å². The van der Waals surface area contributed by atoms with Crippen LogP contribution in [0, 0.1) is 0 Å². The number of rotatable bonds is 3. The first-order valence-corrected chi connectivity index (χ1v) is 4.81. The Hall–Kier alpha value is -0.880. The molecule has 0 aliphatic carbocycles. The number of benzene rings is 1. The summed E-state index contributed by atoms with van der Waals surface area (Å²) in [5, 5.41) is 0. The lowest BCUT2D eigenvalue weighted by Crippen LogP contribution is -1.84. The molecule has 0 amide bonds. The Morgan fingerprint density at radius 1 is 1.09 bits per heavy atom. The summed E-state index contributed by atoms with van der Waals surface area (Å²) >= 11 is 0. The molecule has 58 valence electrons. The first kappa shape index (κ1) is 8.22. The van der Waals surface area contributed by atoms with Crippen molar-refractivity contribution < 1.29 is 9.13 Å².